The van der Waals surface area contributed by atoms with E-state index in [4.69, 9.17) is 4.74 Å². The van der Waals surface area contributed by atoms with Crippen LogP contribution in [0.1, 0.15) is 38.1 Å². The minimum absolute atomic E-state index is 0.228. The van der Waals surface area contributed by atoms with Crippen molar-refractivity contribution in [3.8, 4) is 11.6 Å². The standard InChI is InChI=1S/C15H19BrN4O/c1-5-18-14-10(4)15(20-13(19-14)9(2)3)21-12-6-11(16)7-17-8-12/h6-9H,5H2,1-4H3,(H,18,19,20). The number of nitrogens with one attached hydrogen (secondary N) is 1. The molecule has 5 nitrogen and oxygen atoms in total. The molecule has 0 bridgehead atoms. The molecule has 6 heteroatoms. The molecule has 0 saturated heterocycles. The number of rotatable bonds is 5. The molecule has 2 rings (SSSR count). The van der Waals surface area contributed by atoms with E-state index in [1.807, 2.05) is 19.9 Å². The van der Waals surface area contributed by atoms with Crippen LogP contribution in [-0.2, 0) is 0 Å². The average molecular weight is 351 g/mol. The van der Waals surface area contributed by atoms with Crippen molar-refractivity contribution in [2.45, 2.75) is 33.6 Å². The van der Waals surface area contributed by atoms with Gasteiger partial charge in [0.05, 0.1) is 11.8 Å². The van der Waals surface area contributed by atoms with E-state index in [1.54, 1.807) is 12.4 Å². The van der Waals surface area contributed by atoms with Crippen molar-refractivity contribution < 1.29 is 4.74 Å². The lowest BCUT2D eigenvalue weighted by atomic mass is 10.2. The minimum Gasteiger partial charge on any atom is -0.437 e. The molecule has 0 unspecified atom stereocenters. The smallest absolute Gasteiger partial charge is 0.227 e. The summed E-state index contributed by atoms with van der Waals surface area (Å²) in [4.78, 5) is 13.2. The van der Waals surface area contributed by atoms with Gasteiger partial charge in [-0.3, -0.25) is 4.98 Å². The maximum absolute atomic E-state index is 5.88. The van der Waals surface area contributed by atoms with Crippen LogP contribution in [0.2, 0.25) is 0 Å². The summed E-state index contributed by atoms with van der Waals surface area (Å²) in [6.07, 6.45) is 3.37. The van der Waals surface area contributed by atoms with E-state index in [2.05, 4.69) is 50.0 Å². The van der Waals surface area contributed by atoms with Crippen molar-refractivity contribution >= 4 is 21.7 Å². The highest BCUT2D eigenvalue weighted by molar-refractivity contribution is 9.10. The quantitative estimate of drug-likeness (QED) is 0.871. The van der Waals surface area contributed by atoms with E-state index in [0.717, 1.165) is 28.2 Å². The van der Waals surface area contributed by atoms with Crippen molar-refractivity contribution in [1.29, 1.82) is 0 Å². The molecular formula is C15H19BrN4O. The molecule has 112 valence electrons. The number of halogens is 1. The van der Waals surface area contributed by atoms with Crippen LogP contribution in [-0.4, -0.2) is 21.5 Å². The first-order valence-electron chi connectivity index (χ1n) is 6.92. The van der Waals surface area contributed by atoms with E-state index < -0.39 is 0 Å². The van der Waals surface area contributed by atoms with Gasteiger partial charge >= 0.3 is 0 Å². The van der Waals surface area contributed by atoms with Crippen LogP contribution in [0.3, 0.4) is 0 Å². The molecule has 0 fully saturated rings. The summed E-state index contributed by atoms with van der Waals surface area (Å²) < 4.78 is 6.75. The lowest BCUT2D eigenvalue weighted by molar-refractivity contribution is 0.451. The van der Waals surface area contributed by atoms with Gasteiger partial charge in [-0.2, -0.15) is 4.98 Å². The zero-order valence-electron chi connectivity index (χ0n) is 12.6. The third-order valence-corrected chi connectivity index (χ3v) is 3.31. The van der Waals surface area contributed by atoms with Crippen LogP contribution < -0.4 is 10.1 Å². The number of anilines is 1. The Labute approximate surface area is 133 Å². The normalized spacial score (nSPS) is 10.8. The number of pyridine rings is 1. The van der Waals surface area contributed by atoms with Gasteiger partial charge in [-0.1, -0.05) is 13.8 Å². The molecule has 0 aliphatic rings. The Balaban J connectivity index is 2.41. The number of ether oxygens (including phenoxy) is 1. The lowest BCUT2D eigenvalue weighted by Crippen LogP contribution is -2.08. The van der Waals surface area contributed by atoms with E-state index in [-0.39, 0.29) is 5.92 Å². The summed E-state index contributed by atoms with van der Waals surface area (Å²) in [5.74, 6) is 3.00. The molecule has 0 saturated carbocycles. The van der Waals surface area contributed by atoms with Gasteiger partial charge in [0.25, 0.3) is 0 Å². The van der Waals surface area contributed by atoms with Gasteiger partial charge in [-0.25, -0.2) is 4.98 Å². The molecular weight excluding hydrogens is 332 g/mol. The lowest BCUT2D eigenvalue weighted by Gasteiger charge is -2.15. The van der Waals surface area contributed by atoms with Crippen molar-refractivity contribution in [2.75, 3.05) is 11.9 Å². The number of hydrogen-bond acceptors (Lipinski definition) is 5. The number of aromatic nitrogens is 3. The molecule has 2 aromatic heterocycles. The van der Waals surface area contributed by atoms with Gasteiger partial charge in [0.15, 0.2) is 0 Å². The van der Waals surface area contributed by atoms with Gasteiger partial charge in [-0.15, -0.1) is 0 Å². The summed E-state index contributed by atoms with van der Waals surface area (Å²) in [6.45, 7) is 8.90. The third-order valence-electron chi connectivity index (χ3n) is 2.87. The molecule has 0 radical (unpaired) electrons. The Morgan fingerprint density at radius 2 is 2.05 bits per heavy atom. The second-order valence-corrected chi connectivity index (χ2v) is 5.90. The predicted octanol–water partition coefficient (Wildman–Crippen LogP) is 4.29. The third kappa shape index (κ3) is 3.91. The summed E-state index contributed by atoms with van der Waals surface area (Å²) in [5, 5.41) is 3.25. The maximum Gasteiger partial charge on any atom is 0.227 e. The molecule has 0 aromatic carbocycles. The molecule has 2 aromatic rings. The maximum atomic E-state index is 5.88. The molecule has 0 atom stereocenters. The van der Waals surface area contributed by atoms with E-state index >= 15 is 0 Å². The Morgan fingerprint density at radius 3 is 2.67 bits per heavy atom. The van der Waals surface area contributed by atoms with Gasteiger partial charge in [0.1, 0.15) is 17.4 Å². The van der Waals surface area contributed by atoms with Gasteiger partial charge in [0, 0.05) is 23.1 Å². The Morgan fingerprint density at radius 1 is 1.29 bits per heavy atom. The molecule has 2 heterocycles. The highest BCUT2D eigenvalue weighted by Gasteiger charge is 2.14. The fourth-order valence-corrected chi connectivity index (χ4v) is 2.11. The largest absolute Gasteiger partial charge is 0.437 e. The Kier molecular flexibility index (Phi) is 5.12. The average Bonchev–Trinajstić information content (AvgIpc) is 2.43. The molecule has 0 spiro atoms. The molecule has 0 amide bonds. The Bertz CT molecular complexity index is 631. The van der Waals surface area contributed by atoms with E-state index in [0.29, 0.717) is 11.6 Å². The van der Waals surface area contributed by atoms with Crippen molar-refractivity contribution in [1.82, 2.24) is 15.0 Å². The first kappa shape index (κ1) is 15.7. The zero-order valence-corrected chi connectivity index (χ0v) is 14.2. The predicted molar refractivity (Wildman–Crippen MR) is 87.0 cm³/mol. The monoisotopic (exact) mass is 350 g/mol. The molecule has 21 heavy (non-hydrogen) atoms. The first-order valence-corrected chi connectivity index (χ1v) is 7.71. The SMILES string of the molecule is CCNc1nc(C(C)C)nc(Oc2cncc(Br)c2)c1C. The summed E-state index contributed by atoms with van der Waals surface area (Å²) >= 11 is 3.38. The highest BCUT2D eigenvalue weighted by Crippen LogP contribution is 2.29. The van der Waals surface area contributed by atoms with Crippen LogP contribution in [0.5, 0.6) is 11.6 Å². The number of nitrogens with zero attached hydrogens (tertiary/aromatic N) is 3. The molecule has 0 aliphatic heterocycles. The highest BCUT2D eigenvalue weighted by atomic mass is 79.9. The van der Waals surface area contributed by atoms with Gasteiger partial charge in [0.2, 0.25) is 5.88 Å². The summed E-state index contributed by atoms with van der Waals surface area (Å²) in [5.41, 5.74) is 0.890. The second-order valence-electron chi connectivity index (χ2n) is 4.99. The molecule has 1 N–H and O–H groups in total. The van der Waals surface area contributed by atoms with Crippen molar-refractivity contribution in [2.24, 2.45) is 0 Å². The summed E-state index contributed by atoms with van der Waals surface area (Å²) in [7, 11) is 0. The fraction of sp³-hybridized carbons (Fsp3) is 0.400. The topological polar surface area (TPSA) is 59.9 Å². The minimum atomic E-state index is 0.228. The Hall–Kier alpha value is -1.69. The fourth-order valence-electron chi connectivity index (χ4n) is 1.77. The van der Waals surface area contributed by atoms with Crippen LogP contribution in [0.25, 0.3) is 0 Å². The summed E-state index contributed by atoms with van der Waals surface area (Å²) in [6, 6.07) is 1.86. The van der Waals surface area contributed by atoms with Crippen molar-refractivity contribution in [3.63, 3.8) is 0 Å². The van der Waals surface area contributed by atoms with Gasteiger partial charge < -0.3 is 10.1 Å². The molecule has 0 aliphatic carbocycles. The van der Waals surface area contributed by atoms with E-state index in [9.17, 15) is 0 Å². The van der Waals surface area contributed by atoms with E-state index in [1.165, 1.54) is 0 Å². The second kappa shape index (κ2) is 6.85. The van der Waals surface area contributed by atoms with Crippen LogP contribution in [0.4, 0.5) is 5.82 Å². The number of hydrogen-bond donors (Lipinski definition) is 1. The van der Waals surface area contributed by atoms with Crippen LogP contribution in [0.15, 0.2) is 22.9 Å². The first-order chi connectivity index (χ1) is 10.0. The van der Waals surface area contributed by atoms with Crippen molar-refractivity contribution in [3.05, 3.63) is 34.3 Å². The van der Waals surface area contributed by atoms with Gasteiger partial charge in [-0.05, 0) is 35.8 Å². The zero-order chi connectivity index (χ0) is 15.4. The van der Waals surface area contributed by atoms with Crippen LogP contribution >= 0.6 is 15.9 Å². The van der Waals surface area contributed by atoms with Crippen LogP contribution in [0, 0.1) is 6.92 Å².